The van der Waals surface area contributed by atoms with Crippen molar-refractivity contribution in [1.82, 2.24) is 9.97 Å². The van der Waals surface area contributed by atoms with Crippen molar-refractivity contribution in [2.24, 2.45) is 0 Å². The molecule has 4 nitrogen and oxygen atoms in total. The zero-order valence-corrected chi connectivity index (χ0v) is 12.0. The van der Waals surface area contributed by atoms with Crippen molar-refractivity contribution >= 4 is 15.9 Å². The molecule has 0 saturated carbocycles. The average Bonchev–Trinajstić information content (AvgIpc) is 2.45. The highest BCUT2D eigenvalue weighted by molar-refractivity contribution is 9.10. The quantitative estimate of drug-likeness (QED) is 0.867. The summed E-state index contributed by atoms with van der Waals surface area (Å²) < 4.78 is 6.08. The van der Waals surface area contributed by atoms with Crippen LogP contribution in [0.3, 0.4) is 0 Å². The van der Waals surface area contributed by atoms with Crippen molar-refractivity contribution in [3.63, 3.8) is 0 Å². The van der Waals surface area contributed by atoms with Crippen molar-refractivity contribution < 1.29 is 4.74 Å². The Labute approximate surface area is 120 Å². The second-order valence-corrected chi connectivity index (χ2v) is 4.72. The molecular weight excluding hydrogens is 306 g/mol. The number of methoxy groups -OCH3 is 1. The van der Waals surface area contributed by atoms with E-state index in [2.05, 4.69) is 32.0 Å². The van der Waals surface area contributed by atoms with Crippen LogP contribution in [0.25, 0.3) is 11.3 Å². The Morgan fingerprint density at radius 1 is 1.37 bits per heavy atom. The predicted molar refractivity (Wildman–Crippen MR) is 75.7 cm³/mol. The third kappa shape index (κ3) is 3.30. The number of hydrogen-bond donors (Lipinski definition) is 0. The van der Waals surface area contributed by atoms with Crippen LogP contribution in [0.15, 0.2) is 34.9 Å². The molecule has 0 radical (unpaired) electrons. The molecule has 0 aliphatic carbocycles. The van der Waals surface area contributed by atoms with Gasteiger partial charge in [-0.1, -0.05) is 0 Å². The minimum Gasteiger partial charge on any atom is -0.496 e. The van der Waals surface area contributed by atoms with E-state index in [9.17, 15) is 0 Å². The number of aromatic nitrogens is 2. The molecule has 2 rings (SSSR count). The molecule has 0 unspecified atom stereocenters. The molecule has 5 heteroatoms. The summed E-state index contributed by atoms with van der Waals surface area (Å²) in [7, 11) is 1.63. The first kappa shape index (κ1) is 13.5. The van der Waals surface area contributed by atoms with Gasteiger partial charge < -0.3 is 4.74 Å². The monoisotopic (exact) mass is 317 g/mol. The number of ether oxygens (including phenoxy) is 1. The maximum Gasteiger partial charge on any atom is 0.133 e. The largest absolute Gasteiger partial charge is 0.496 e. The van der Waals surface area contributed by atoms with Crippen molar-refractivity contribution in [2.45, 2.75) is 12.8 Å². The summed E-state index contributed by atoms with van der Waals surface area (Å²) in [6, 6.07) is 9.73. The van der Waals surface area contributed by atoms with E-state index < -0.39 is 0 Å². The Kier molecular flexibility index (Phi) is 4.48. The van der Waals surface area contributed by atoms with Crippen molar-refractivity contribution in [3.8, 4) is 23.1 Å². The SMILES string of the molecule is COc1ccc(-c2ccnc(CCC#N)n2)cc1Br. The highest BCUT2D eigenvalue weighted by atomic mass is 79.9. The molecule has 1 aromatic carbocycles. The van der Waals surface area contributed by atoms with E-state index in [4.69, 9.17) is 10.00 Å². The Morgan fingerprint density at radius 3 is 2.89 bits per heavy atom. The number of aryl methyl sites for hydroxylation is 1. The van der Waals surface area contributed by atoms with Gasteiger partial charge in [-0.3, -0.25) is 0 Å². The Balaban J connectivity index is 2.31. The molecule has 0 fully saturated rings. The van der Waals surface area contributed by atoms with E-state index in [1.165, 1.54) is 0 Å². The molecule has 0 atom stereocenters. The lowest BCUT2D eigenvalue weighted by molar-refractivity contribution is 0.412. The molecule has 0 aliphatic heterocycles. The first-order valence-corrected chi connectivity index (χ1v) is 6.56. The molecule has 0 saturated heterocycles. The summed E-state index contributed by atoms with van der Waals surface area (Å²) in [5, 5.41) is 8.58. The lowest BCUT2D eigenvalue weighted by atomic mass is 10.1. The van der Waals surface area contributed by atoms with Gasteiger partial charge in [-0.25, -0.2) is 9.97 Å². The number of benzene rings is 1. The molecule has 0 bridgehead atoms. The fourth-order valence-electron chi connectivity index (χ4n) is 1.67. The van der Waals surface area contributed by atoms with Crippen LogP contribution in [0.5, 0.6) is 5.75 Å². The fourth-order valence-corrected chi connectivity index (χ4v) is 2.21. The highest BCUT2D eigenvalue weighted by Gasteiger charge is 2.06. The van der Waals surface area contributed by atoms with Crippen LogP contribution in [0.2, 0.25) is 0 Å². The van der Waals surface area contributed by atoms with Crippen LogP contribution in [-0.4, -0.2) is 17.1 Å². The van der Waals surface area contributed by atoms with Crippen molar-refractivity contribution in [1.29, 1.82) is 5.26 Å². The van der Waals surface area contributed by atoms with Gasteiger partial charge in [0.1, 0.15) is 11.6 Å². The van der Waals surface area contributed by atoms with Gasteiger partial charge in [0.15, 0.2) is 0 Å². The van der Waals surface area contributed by atoms with Gasteiger partial charge in [0.25, 0.3) is 0 Å². The van der Waals surface area contributed by atoms with Gasteiger partial charge in [0, 0.05) is 24.6 Å². The van der Waals surface area contributed by atoms with Crippen LogP contribution in [0.4, 0.5) is 0 Å². The van der Waals surface area contributed by atoms with E-state index in [-0.39, 0.29) is 0 Å². The maximum absolute atomic E-state index is 8.58. The van der Waals surface area contributed by atoms with E-state index >= 15 is 0 Å². The molecular formula is C14H12BrN3O. The summed E-state index contributed by atoms with van der Waals surface area (Å²) in [5.41, 5.74) is 1.82. The summed E-state index contributed by atoms with van der Waals surface area (Å²) >= 11 is 3.45. The molecule has 19 heavy (non-hydrogen) atoms. The van der Waals surface area contributed by atoms with Gasteiger partial charge in [0.2, 0.25) is 0 Å². The average molecular weight is 318 g/mol. The van der Waals surface area contributed by atoms with Crippen LogP contribution >= 0.6 is 15.9 Å². The minimum absolute atomic E-state index is 0.426. The molecule has 96 valence electrons. The maximum atomic E-state index is 8.58. The predicted octanol–water partition coefficient (Wildman–Crippen LogP) is 3.37. The molecule has 0 spiro atoms. The number of nitrogens with zero attached hydrogens (tertiary/aromatic N) is 3. The summed E-state index contributed by atoms with van der Waals surface area (Å²) in [4.78, 5) is 8.61. The number of halogens is 1. The Bertz CT molecular complexity index is 622. The van der Waals surface area contributed by atoms with Gasteiger partial charge >= 0.3 is 0 Å². The molecule has 1 aromatic heterocycles. The Morgan fingerprint density at radius 2 is 2.21 bits per heavy atom. The minimum atomic E-state index is 0.426. The first-order chi connectivity index (χ1) is 9.24. The Hall–Kier alpha value is -1.93. The van der Waals surface area contributed by atoms with Crippen LogP contribution in [-0.2, 0) is 6.42 Å². The zero-order chi connectivity index (χ0) is 13.7. The lowest BCUT2D eigenvalue weighted by Gasteiger charge is -2.06. The van der Waals surface area contributed by atoms with Crippen LogP contribution < -0.4 is 4.74 Å². The van der Waals surface area contributed by atoms with E-state index in [1.54, 1.807) is 13.3 Å². The zero-order valence-electron chi connectivity index (χ0n) is 10.4. The first-order valence-electron chi connectivity index (χ1n) is 5.77. The highest BCUT2D eigenvalue weighted by Crippen LogP contribution is 2.29. The van der Waals surface area contributed by atoms with E-state index in [1.807, 2.05) is 24.3 Å². The molecule has 1 heterocycles. The standard InChI is InChI=1S/C14H12BrN3O/c1-19-13-5-4-10(9-11(13)15)12-6-8-17-14(18-12)3-2-7-16/h4-6,8-9H,2-3H2,1H3. The second-order valence-electron chi connectivity index (χ2n) is 3.87. The number of hydrogen-bond acceptors (Lipinski definition) is 4. The van der Waals surface area contributed by atoms with Gasteiger partial charge in [-0.2, -0.15) is 5.26 Å². The van der Waals surface area contributed by atoms with E-state index in [0.717, 1.165) is 21.5 Å². The summed E-state index contributed by atoms with van der Waals surface area (Å²) in [5.74, 6) is 1.47. The van der Waals surface area contributed by atoms with Gasteiger partial charge in [0.05, 0.1) is 23.3 Å². The topological polar surface area (TPSA) is 58.8 Å². The molecule has 0 aliphatic rings. The third-order valence-electron chi connectivity index (χ3n) is 2.61. The normalized spacial score (nSPS) is 9.95. The second kappa shape index (κ2) is 6.30. The van der Waals surface area contributed by atoms with Crippen LogP contribution in [0, 0.1) is 11.3 Å². The number of rotatable bonds is 4. The van der Waals surface area contributed by atoms with Gasteiger partial charge in [-0.05, 0) is 40.2 Å². The fraction of sp³-hybridized carbons (Fsp3) is 0.214. The molecule has 0 amide bonds. The van der Waals surface area contributed by atoms with E-state index in [0.29, 0.717) is 18.7 Å². The smallest absolute Gasteiger partial charge is 0.133 e. The summed E-state index contributed by atoms with van der Waals surface area (Å²) in [6.45, 7) is 0. The van der Waals surface area contributed by atoms with Crippen molar-refractivity contribution in [3.05, 3.63) is 40.8 Å². The summed E-state index contributed by atoms with van der Waals surface area (Å²) in [6.07, 6.45) is 2.71. The van der Waals surface area contributed by atoms with Gasteiger partial charge in [-0.15, -0.1) is 0 Å². The lowest BCUT2D eigenvalue weighted by Crippen LogP contribution is -1.96. The van der Waals surface area contributed by atoms with Crippen LogP contribution in [0.1, 0.15) is 12.2 Å². The molecule has 0 N–H and O–H groups in total. The number of nitriles is 1. The van der Waals surface area contributed by atoms with Crippen molar-refractivity contribution in [2.75, 3.05) is 7.11 Å². The third-order valence-corrected chi connectivity index (χ3v) is 3.23. The molecule has 2 aromatic rings.